The molecule has 0 aliphatic heterocycles. The van der Waals surface area contributed by atoms with Gasteiger partial charge in [-0.1, -0.05) is 257 Å². The maximum absolute atomic E-state index is 2.61. The first kappa shape index (κ1) is 43.1. The average molecular weight is 966 g/mol. The lowest BCUT2D eigenvalue weighted by Gasteiger charge is -2.35. The third-order valence-corrected chi connectivity index (χ3v) is 17.9. The Morgan fingerprint density at radius 1 is 0.289 bits per heavy atom. The molecule has 0 saturated carbocycles. The van der Waals surface area contributed by atoms with Gasteiger partial charge in [0, 0.05) is 22.2 Å². The Morgan fingerprint density at radius 2 is 0.750 bits per heavy atom. The lowest BCUT2D eigenvalue weighted by Crippen LogP contribution is -2.28. The molecule has 16 rings (SSSR count). The second-order valence-electron chi connectivity index (χ2n) is 21.8. The molecule has 1 nitrogen and oxygen atoms in total. The zero-order valence-electron chi connectivity index (χ0n) is 42.4. The van der Waals surface area contributed by atoms with Crippen LogP contribution in [-0.2, 0) is 16.2 Å². The predicted molar refractivity (Wildman–Crippen MR) is 315 cm³/mol. The molecule has 0 fully saturated rings. The van der Waals surface area contributed by atoms with Gasteiger partial charge in [0.1, 0.15) is 0 Å². The largest absolute Gasteiger partial charge is 0.309 e. The van der Waals surface area contributed by atoms with Crippen molar-refractivity contribution in [3.63, 3.8) is 0 Å². The lowest BCUT2D eigenvalue weighted by atomic mass is 9.68. The summed E-state index contributed by atoms with van der Waals surface area (Å²) in [5, 5.41) is 2.54. The minimum Gasteiger partial charge on any atom is -0.309 e. The molecule has 0 unspecified atom stereocenters. The predicted octanol–water partition coefficient (Wildman–Crippen LogP) is 19.0. The van der Waals surface area contributed by atoms with E-state index in [-0.39, 0.29) is 5.41 Å². The van der Waals surface area contributed by atoms with E-state index in [0.717, 1.165) is 11.4 Å². The standard InChI is InChI=1S/C75H51N/c1-73(2)61-33-16-14-31-59(61)71-69(47-50-22-9-10-27-54(50)72(71)73)76(68-39-21-38-66-70(68)60-32-15-20-37-65(60)74(66,51-23-5-3-6-24-51)52-25-7-4-8-26-52)53-43-40-48(41-44-53)49-42-45-58-57-30-13-19-36-64(57)75(67(58)46-49)62-34-17-11-28-55(62)56-29-12-18-35-63(56)75/h3-47H,1-2H3. The number of rotatable bonds is 6. The Labute approximate surface area is 444 Å². The Kier molecular flexibility index (Phi) is 9.00. The van der Waals surface area contributed by atoms with Crippen LogP contribution in [0.5, 0.6) is 0 Å². The van der Waals surface area contributed by atoms with Crippen LogP contribution in [0, 0.1) is 0 Å². The third kappa shape index (κ3) is 5.54. The van der Waals surface area contributed by atoms with Crippen LogP contribution in [0.15, 0.2) is 273 Å². The normalized spacial score (nSPS) is 14.8. The Morgan fingerprint density at radius 3 is 1.36 bits per heavy atom. The Hall–Kier alpha value is -9.30. The molecule has 76 heavy (non-hydrogen) atoms. The first-order valence-electron chi connectivity index (χ1n) is 26.8. The van der Waals surface area contributed by atoms with Crippen LogP contribution in [-0.4, -0.2) is 0 Å². The van der Waals surface area contributed by atoms with Crippen molar-refractivity contribution >= 4 is 27.8 Å². The molecule has 0 saturated heterocycles. The molecule has 4 aliphatic carbocycles. The monoisotopic (exact) mass is 965 g/mol. The van der Waals surface area contributed by atoms with Crippen molar-refractivity contribution < 1.29 is 0 Å². The van der Waals surface area contributed by atoms with E-state index in [1.807, 2.05) is 0 Å². The number of nitrogens with zero attached hydrogens (tertiary/aromatic N) is 1. The number of benzene rings is 12. The maximum atomic E-state index is 2.61. The average Bonchev–Trinajstić information content (AvgIpc) is 4.25. The summed E-state index contributed by atoms with van der Waals surface area (Å²) < 4.78 is 0. The van der Waals surface area contributed by atoms with E-state index in [1.54, 1.807) is 0 Å². The van der Waals surface area contributed by atoms with Crippen LogP contribution >= 0.6 is 0 Å². The van der Waals surface area contributed by atoms with Crippen LogP contribution in [0.1, 0.15) is 69.5 Å². The Bertz CT molecular complexity index is 4270. The fraction of sp³-hybridized carbons (Fsp3) is 0.0667. The molecule has 0 heterocycles. The van der Waals surface area contributed by atoms with Gasteiger partial charge in [0.15, 0.2) is 0 Å². The first-order valence-corrected chi connectivity index (χ1v) is 26.8. The lowest BCUT2D eigenvalue weighted by molar-refractivity contribution is 0.666. The second kappa shape index (κ2) is 15.9. The summed E-state index contributed by atoms with van der Waals surface area (Å²) in [5.41, 5.74) is 28.3. The Balaban J connectivity index is 0.946. The zero-order valence-corrected chi connectivity index (χ0v) is 42.4. The maximum Gasteiger partial charge on any atom is 0.0725 e. The van der Waals surface area contributed by atoms with Gasteiger partial charge < -0.3 is 4.90 Å². The highest BCUT2D eigenvalue weighted by Gasteiger charge is 2.52. The fourth-order valence-electron chi connectivity index (χ4n) is 15.0. The van der Waals surface area contributed by atoms with Crippen LogP contribution in [0.25, 0.3) is 66.4 Å². The van der Waals surface area contributed by atoms with Gasteiger partial charge >= 0.3 is 0 Å². The van der Waals surface area contributed by atoms with Crippen molar-refractivity contribution in [1.29, 1.82) is 0 Å². The summed E-state index contributed by atoms with van der Waals surface area (Å²) >= 11 is 0. The van der Waals surface area contributed by atoms with Crippen LogP contribution in [0.3, 0.4) is 0 Å². The molecule has 356 valence electrons. The molecule has 12 aromatic carbocycles. The van der Waals surface area contributed by atoms with Crippen molar-refractivity contribution in [3.05, 3.63) is 329 Å². The van der Waals surface area contributed by atoms with Crippen molar-refractivity contribution in [2.45, 2.75) is 30.1 Å². The minimum absolute atomic E-state index is 0.233. The highest BCUT2D eigenvalue weighted by molar-refractivity contribution is 6.08. The first-order chi connectivity index (χ1) is 37.5. The zero-order chi connectivity index (χ0) is 50.3. The summed E-state index contributed by atoms with van der Waals surface area (Å²) in [6.45, 7) is 4.83. The van der Waals surface area contributed by atoms with E-state index in [0.29, 0.717) is 0 Å². The molecular formula is C75H51N. The quantitative estimate of drug-likeness (QED) is 0.161. The smallest absolute Gasteiger partial charge is 0.0725 e. The molecule has 12 aromatic rings. The molecule has 0 atom stereocenters. The highest BCUT2D eigenvalue weighted by atomic mass is 15.1. The third-order valence-electron chi connectivity index (χ3n) is 17.9. The van der Waals surface area contributed by atoms with E-state index in [2.05, 4.69) is 292 Å². The van der Waals surface area contributed by atoms with Gasteiger partial charge in [-0.2, -0.15) is 0 Å². The molecule has 0 N–H and O–H groups in total. The molecule has 1 heteroatoms. The van der Waals surface area contributed by atoms with Crippen molar-refractivity contribution in [2.24, 2.45) is 0 Å². The topological polar surface area (TPSA) is 3.24 Å². The van der Waals surface area contributed by atoms with E-state index in [4.69, 9.17) is 0 Å². The van der Waals surface area contributed by atoms with Gasteiger partial charge in [-0.3, -0.25) is 0 Å². The van der Waals surface area contributed by atoms with Gasteiger partial charge in [0.05, 0.1) is 22.2 Å². The number of fused-ring (bicyclic) bond motifs is 18. The fourth-order valence-corrected chi connectivity index (χ4v) is 15.0. The van der Waals surface area contributed by atoms with Gasteiger partial charge in [-0.15, -0.1) is 0 Å². The van der Waals surface area contributed by atoms with Gasteiger partial charge in [-0.05, 0) is 141 Å². The van der Waals surface area contributed by atoms with Gasteiger partial charge in [-0.25, -0.2) is 0 Å². The number of hydrogen-bond acceptors (Lipinski definition) is 1. The van der Waals surface area contributed by atoms with E-state index in [1.165, 1.54) is 128 Å². The van der Waals surface area contributed by atoms with Crippen LogP contribution in [0.2, 0.25) is 0 Å². The van der Waals surface area contributed by atoms with Gasteiger partial charge in [0.2, 0.25) is 0 Å². The molecule has 1 spiro atoms. The summed E-state index contributed by atoms with van der Waals surface area (Å²) in [6, 6.07) is 103. The summed E-state index contributed by atoms with van der Waals surface area (Å²) in [4.78, 5) is 2.61. The molecule has 0 aromatic heterocycles. The number of anilines is 3. The number of hydrogen-bond donors (Lipinski definition) is 0. The molecule has 4 aliphatic rings. The second-order valence-corrected chi connectivity index (χ2v) is 21.8. The molecule has 0 amide bonds. The van der Waals surface area contributed by atoms with Crippen LogP contribution in [0.4, 0.5) is 17.1 Å². The van der Waals surface area contributed by atoms with Crippen molar-refractivity contribution in [3.8, 4) is 55.6 Å². The minimum atomic E-state index is -0.551. The van der Waals surface area contributed by atoms with E-state index < -0.39 is 10.8 Å². The molecule has 0 bridgehead atoms. The van der Waals surface area contributed by atoms with Crippen molar-refractivity contribution in [2.75, 3.05) is 4.90 Å². The SMILES string of the molecule is CC1(C)c2ccccc2-c2c(N(c3ccc(-c4ccc5c(c4)C4(c6ccccc6-c6ccccc64)c4ccccc4-5)cc3)c3cccc4c3-c3ccccc3C4(c3ccccc3)c3ccccc3)cc3ccccc3c21. The molecule has 0 radical (unpaired) electrons. The van der Waals surface area contributed by atoms with E-state index >= 15 is 0 Å². The summed E-state index contributed by atoms with van der Waals surface area (Å²) in [6.07, 6.45) is 0. The summed E-state index contributed by atoms with van der Waals surface area (Å²) in [7, 11) is 0. The molecular weight excluding hydrogens is 915 g/mol. The summed E-state index contributed by atoms with van der Waals surface area (Å²) in [5.74, 6) is 0. The van der Waals surface area contributed by atoms with Crippen LogP contribution < -0.4 is 4.90 Å². The highest BCUT2D eigenvalue weighted by Crippen LogP contribution is 2.65. The van der Waals surface area contributed by atoms with Gasteiger partial charge in [0.25, 0.3) is 0 Å². The van der Waals surface area contributed by atoms with Crippen molar-refractivity contribution in [1.82, 2.24) is 0 Å². The van der Waals surface area contributed by atoms with E-state index in [9.17, 15) is 0 Å².